The van der Waals surface area contributed by atoms with Crippen molar-refractivity contribution in [1.29, 1.82) is 0 Å². The van der Waals surface area contributed by atoms with Crippen LogP contribution >= 0.6 is 0 Å². The van der Waals surface area contributed by atoms with Crippen LogP contribution in [0.3, 0.4) is 0 Å². The van der Waals surface area contributed by atoms with Crippen LogP contribution < -0.4 is 10.8 Å². The van der Waals surface area contributed by atoms with Gasteiger partial charge in [-0.05, 0) is 18.4 Å². The average Bonchev–Trinajstić information content (AvgIpc) is 2.90. The van der Waals surface area contributed by atoms with E-state index in [9.17, 15) is 14.4 Å². The molecule has 1 spiro atoms. The fourth-order valence-corrected chi connectivity index (χ4v) is 3.62. The molecular weight excluding hydrogens is 334 g/mol. The van der Waals surface area contributed by atoms with E-state index in [0.29, 0.717) is 12.8 Å². The molecule has 0 aromatic heterocycles. The zero-order valence-electron chi connectivity index (χ0n) is 14.8. The number of hydrogen-bond acceptors (Lipinski definition) is 5. The van der Waals surface area contributed by atoms with Crippen molar-refractivity contribution >= 4 is 17.7 Å². The molecule has 1 saturated carbocycles. The lowest BCUT2D eigenvalue weighted by atomic mass is 9.86. The first-order valence-corrected chi connectivity index (χ1v) is 9.15. The molecule has 0 radical (unpaired) electrons. The van der Waals surface area contributed by atoms with Crippen LogP contribution in [0.25, 0.3) is 0 Å². The second-order valence-corrected chi connectivity index (χ2v) is 6.93. The van der Waals surface area contributed by atoms with Crippen LogP contribution in [0.5, 0.6) is 0 Å². The second-order valence-electron chi connectivity index (χ2n) is 6.93. The van der Waals surface area contributed by atoms with Gasteiger partial charge in [-0.15, -0.1) is 0 Å². The Hall–Kier alpha value is -2.25. The molecule has 1 saturated heterocycles. The van der Waals surface area contributed by atoms with E-state index in [1.807, 2.05) is 30.3 Å². The maximum Gasteiger partial charge on any atom is 0.263 e. The van der Waals surface area contributed by atoms with Crippen LogP contribution in [-0.2, 0) is 25.8 Å². The normalized spacial score (nSPS) is 20.1. The van der Waals surface area contributed by atoms with E-state index in [1.165, 1.54) is 0 Å². The largest absolute Gasteiger partial charge is 0.295 e. The van der Waals surface area contributed by atoms with E-state index in [0.717, 1.165) is 36.1 Å². The van der Waals surface area contributed by atoms with Gasteiger partial charge in [0.05, 0.1) is 18.7 Å². The minimum Gasteiger partial charge on any atom is -0.295 e. The van der Waals surface area contributed by atoms with Gasteiger partial charge in [0.25, 0.3) is 5.91 Å². The number of carbonyl (C=O) groups is 3. The highest BCUT2D eigenvalue weighted by Gasteiger charge is 2.46. The van der Waals surface area contributed by atoms with Gasteiger partial charge in [-0.2, -0.15) is 0 Å². The number of piperazine rings is 1. The van der Waals surface area contributed by atoms with Crippen molar-refractivity contribution in [3.8, 4) is 0 Å². The van der Waals surface area contributed by atoms with Crippen LogP contribution in [0, 0.1) is 0 Å². The summed E-state index contributed by atoms with van der Waals surface area (Å²) in [4.78, 5) is 43.5. The Morgan fingerprint density at radius 2 is 1.81 bits per heavy atom. The molecule has 0 bridgehead atoms. The van der Waals surface area contributed by atoms with Crippen LogP contribution in [-0.4, -0.2) is 41.2 Å². The summed E-state index contributed by atoms with van der Waals surface area (Å²) in [6, 6.07) is 9.42. The first kappa shape index (κ1) is 18.5. The average molecular weight is 359 g/mol. The molecule has 1 heterocycles. The summed E-state index contributed by atoms with van der Waals surface area (Å²) in [5.41, 5.74) is 2.54. The molecule has 1 aromatic rings. The molecule has 3 rings (SSSR count). The van der Waals surface area contributed by atoms with Crippen LogP contribution in [0.1, 0.15) is 44.1 Å². The van der Waals surface area contributed by atoms with Gasteiger partial charge in [0.1, 0.15) is 6.54 Å². The van der Waals surface area contributed by atoms with E-state index in [-0.39, 0.29) is 31.5 Å². The van der Waals surface area contributed by atoms with E-state index < -0.39 is 11.4 Å². The van der Waals surface area contributed by atoms with Crippen LogP contribution in [0.4, 0.5) is 0 Å². The summed E-state index contributed by atoms with van der Waals surface area (Å²) >= 11 is 0. The lowest BCUT2D eigenvalue weighted by Gasteiger charge is -2.40. The van der Waals surface area contributed by atoms with Crippen molar-refractivity contribution in [2.75, 3.05) is 13.1 Å². The van der Waals surface area contributed by atoms with Gasteiger partial charge in [0, 0.05) is 0 Å². The molecule has 7 nitrogen and oxygen atoms in total. The summed E-state index contributed by atoms with van der Waals surface area (Å²) in [5.74, 6) is -1.16. The predicted octanol–water partition coefficient (Wildman–Crippen LogP) is 1.29. The molecule has 0 unspecified atom stereocenters. The zero-order valence-corrected chi connectivity index (χ0v) is 14.8. The lowest BCUT2D eigenvalue weighted by molar-refractivity contribution is -0.158. The van der Waals surface area contributed by atoms with Gasteiger partial charge in [0.15, 0.2) is 0 Å². The summed E-state index contributed by atoms with van der Waals surface area (Å²) in [5, 5.41) is 3.14. The Morgan fingerprint density at radius 3 is 2.50 bits per heavy atom. The first-order valence-electron chi connectivity index (χ1n) is 9.15. The highest BCUT2D eigenvalue weighted by Crippen LogP contribution is 2.30. The Bertz CT molecular complexity index is 654. The minimum absolute atomic E-state index is 0.0872. The van der Waals surface area contributed by atoms with Gasteiger partial charge in [-0.1, -0.05) is 56.0 Å². The minimum atomic E-state index is -0.699. The van der Waals surface area contributed by atoms with Crippen LogP contribution in [0.15, 0.2) is 30.3 Å². The highest BCUT2D eigenvalue weighted by atomic mass is 16.6. The van der Waals surface area contributed by atoms with Gasteiger partial charge in [0.2, 0.25) is 11.8 Å². The summed E-state index contributed by atoms with van der Waals surface area (Å²) < 4.78 is 0. The van der Waals surface area contributed by atoms with Crippen molar-refractivity contribution in [2.45, 2.75) is 50.7 Å². The molecule has 2 fully saturated rings. The number of benzene rings is 1. The molecule has 2 N–H and O–H groups in total. The SMILES string of the molecule is O=C(CN1C(=O)CNC2(CCCCCC2)C1=O)NOCc1ccccc1. The molecule has 0 atom stereocenters. The number of rotatable bonds is 5. The van der Waals surface area contributed by atoms with Gasteiger partial charge >= 0.3 is 0 Å². The van der Waals surface area contributed by atoms with Gasteiger partial charge in [-0.3, -0.25) is 29.4 Å². The number of imide groups is 1. The van der Waals surface area contributed by atoms with Crippen molar-refractivity contribution in [1.82, 2.24) is 15.7 Å². The molecule has 1 aliphatic carbocycles. The fraction of sp³-hybridized carbons (Fsp3) is 0.526. The number of nitrogens with one attached hydrogen (secondary N) is 2. The highest BCUT2D eigenvalue weighted by molar-refractivity contribution is 6.05. The number of hydrogen-bond donors (Lipinski definition) is 2. The summed E-state index contributed by atoms with van der Waals surface area (Å²) in [6.45, 7) is -0.000253. The molecule has 1 aliphatic heterocycles. The van der Waals surface area contributed by atoms with E-state index in [1.54, 1.807) is 0 Å². The van der Waals surface area contributed by atoms with E-state index >= 15 is 0 Å². The smallest absolute Gasteiger partial charge is 0.263 e. The lowest BCUT2D eigenvalue weighted by Crippen LogP contribution is -2.67. The van der Waals surface area contributed by atoms with Crippen molar-refractivity contribution in [3.05, 3.63) is 35.9 Å². The topological polar surface area (TPSA) is 87.7 Å². The molecular formula is C19H25N3O4. The van der Waals surface area contributed by atoms with Crippen molar-refractivity contribution in [2.24, 2.45) is 0 Å². The third-order valence-electron chi connectivity index (χ3n) is 5.06. The number of amides is 3. The third kappa shape index (κ3) is 4.28. The number of hydroxylamine groups is 1. The molecule has 1 aromatic carbocycles. The van der Waals surface area contributed by atoms with Gasteiger partial charge < -0.3 is 0 Å². The maximum absolute atomic E-state index is 12.9. The Labute approximate surface area is 153 Å². The predicted molar refractivity (Wildman–Crippen MR) is 94.5 cm³/mol. The molecule has 7 heteroatoms. The van der Waals surface area contributed by atoms with Crippen molar-refractivity contribution in [3.63, 3.8) is 0 Å². The Morgan fingerprint density at radius 1 is 1.12 bits per heavy atom. The monoisotopic (exact) mass is 359 g/mol. The third-order valence-corrected chi connectivity index (χ3v) is 5.06. The molecule has 2 aliphatic rings. The van der Waals surface area contributed by atoms with Gasteiger partial charge in [-0.25, -0.2) is 5.48 Å². The molecule has 26 heavy (non-hydrogen) atoms. The summed E-state index contributed by atoms with van der Waals surface area (Å²) in [7, 11) is 0. The zero-order chi connectivity index (χ0) is 18.4. The number of carbonyl (C=O) groups excluding carboxylic acids is 3. The standard InChI is InChI=1S/C19H25N3O4/c23-16(21-26-14-15-8-4-3-5-9-15)13-22-17(24)12-20-19(18(22)25)10-6-1-2-7-11-19/h3-5,8-9,20H,1-2,6-7,10-14H2,(H,21,23). The Kier molecular flexibility index (Phi) is 6.00. The van der Waals surface area contributed by atoms with Crippen molar-refractivity contribution < 1.29 is 19.2 Å². The summed E-state index contributed by atoms with van der Waals surface area (Å²) in [6.07, 6.45) is 5.51. The maximum atomic E-state index is 12.9. The molecule has 140 valence electrons. The number of nitrogens with zero attached hydrogens (tertiary/aromatic N) is 1. The second kappa shape index (κ2) is 8.42. The fourth-order valence-electron chi connectivity index (χ4n) is 3.62. The molecule has 3 amide bonds. The quantitative estimate of drug-likeness (QED) is 0.611. The van der Waals surface area contributed by atoms with Crippen LogP contribution in [0.2, 0.25) is 0 Å². The van der Waals surface area contributed by atoms with E-state index in [4.69, 9.17) is 4.84 Å². The first-order chi connectivity index (χ1) is 12.6. The van der Waals surface area contributed by atoms with E-state index in [2.05, 4.69) is 10.8 Å². The Balaban J connectivity index is 1.55.